The monoisotopic (exact) mass is 379 g/mol. The van der Waals surface area contributed by atoms with Crippen molar-refractivity contribution in [3.05, 3.63) is 50.1 Å². The lowest BCUT2D eigenvalue weighted by molar-refractivity contribution is 0.193. The summed E-state index contributed by atoms with van der Waals surface area (Å²) in [6.07, 6.45) is 5.07. The second-order valence-electron chi connectivity index (χ2n) is 6.08. The molecule has 0 radical (unpaired) electrons. The van der Waals surface area contributed by atoms with E-state index in [2.05, 4.69) is 39.2 Å². The topological polar surface area (TPSA) is 23.5 Å². The first kappa shape index (κ1) is 16.0. The van der Waals surface area contributed by atoms with Crippen LogP contribution in [0.5, 0.6) is 5.75 Å². The van der Waals surface area contributed by atoms with Crippen molar-refractivity contribution >= 4 is 27.3 Å². The van der Waals surface area contributed by atoms with Gasteiger partial charge < -0.3 is 5.11 Å². The van der Waals surface area contributed by atoms with E-state index in [1.807, 2.05) is 23.5 Å². The van der Waals surface area contributed by atoms with Crippen molar-refractivity contribution in [3.8, 4) is 5.75 Å². The molecule has 2 aromatic rings. The van der Waals surface area contributed by atoms with E-state index in [4.69, 9.17) is 0 Å². The quantitative estimate of drug-likeness (QED) is 0.745. The first-order chi connectivity index (χ1) is 10.6. The maximum atomic E-state index is 10.2. The van der Waals surface area contributed by atoms with Gasteiger partial charge in [-0.1, -0.05) is 28.8 Å². The minimum atomic E-state index is 0.397. The molecule has 0 unspecified atom stereocenters. The van der Waals surface area contributed by atoms with Crippen LogP contribution in [0.15, 0.2) is 34.1 Å². The lowest BCUT2D eigenvalue weighted by Gasteiger charge is -2.30. The van der Waals surface area contributed by atoms with Crippen LogP contribution in [-0.2, 0) is 6.54 Å². The summed E-state index contributed by atoms with van der Waals surface area (Å²) in [6.45, 7) is 4.13. The van der Waals surface area contributed by atoms with Gasteiger partial charge in [0.15, 0.2) is 0 Å². The highest BCUT2D eigenvalue weighted by Crippen LogP contribution is 2.37. The SMILES string of the molecule is Cc1ccsc1[C@H]1CCCCCN1Cc1cc(Br)ccc1O. The van der Waals surface area contributed by atoms with Gasteiger partial charge >= 0.3 is 0 Å². The van der Waals surface area contributed by atoms with E-state index >= 15 is 0 Å². The summed E-state index contributed by atoms with van der Waals surface area (Å²) in [5, 5.41) is 12.4. The second-order valence-corrected chi connectivity index (χ2v) is 7.94. The molecule has 1 aliphatic heterocycles. The van der Waals surface area contributed by atoms with E-state index in [0.717, 1.165) is 23.1 Å². The number of phenols is 1. The molecule has 1 aromatic carbocycles. The van der Waals surface area contributed by atoms with Crippen LogP contribution < -0.4 is 0 Å². The summed E-state index contributed by atoms with van der Waals surface area (Å²) in [5.74, 6) is 0.397. The molecular formula is C18H22BrNOS. The van der Waals surface area contributed by atoms with E-state index < -0.39 is 0 Å². The molecule has 4 heteroatoms. The predicted octanol–water partition coefficient (Wildman–Crippen LogP) is 5.64. The van der Waals surface area contributed by atoms with E-state index in [-0.39, 0.29) is 0 Å². The Morgan fingerprint density at radius 1 is 1.27 bits per heavy atom. The van der Waals surface area contributed by atoms with Gasteiger partial charge in [-0.05, 0) is 61.5 Å². The molecule has 0 amide bonds. The zero-order valence-corrected chi connectivity index (χ0v) is 15.3. The molecule has 22 heavy (non-hydrogen) atoms. The lowest BCUT2D eigenvalue weighted by atomic mass is 10.0. The van der Waals surface area contributed by atoms with Crippen LogP contribution in [0.3, 0.4) is 0 Å². The Morgan fingerprint density at radius 3 is 2.91 bits per heavy atom. The van der Waals surface area contributed by atoms with Crippen LogP contribution >= 0.6 is 27.3 Å². The molecule has 1 saturated heterocycles. The fourth-order valence-corrected chi connectivity index (χ4v) is 4.78. The van der Waals surface area contributed by atoms with Gasteiger partial charge in [-0.15, -0.1) is 11.3 Å². The van der Waals surface area contributed by atoms with Crippen LogP contribution in [0.1, 0.15) is 47.7 Å². The standard InChI is InChI=1S/C18H22BrNOS/c1-13-8-10-22-18(13)16-5-3-2-4-9-20(16)12-14-11-15(19)6-7-17(14)21/h6-8,10-11,16,21H,2-5,9,12H2,1H3/t16-/m1/s1. The van der Waals surface area contributed by atoms with Gasteiger partial charge in [0, 0.05) is 27.5 Å². The minimum absolute atomic E-state index is 0.397. The molecule has 1 fully saturated rings. The molecule has 0 bridgehead atoms. The minimum Gasteiger partial charge on any atom is -0.508 e. The molecule has 1 aliphatic rings. The van der Waals surface area contributed by atoms with E-state index in [9.17, 15) is 5.11 Å². The van der Waals surface area contributed by atoms with Gasteiger partial charge in [-0.3, -0.25) is 4.90 Å². The van der Waals surface area contributed by atoms with Gasteiger partial charge in [-0.25, -0.2) is 0 Å². The number of halogens is 1. The average Bonchev–Trinajstić information content (AvgIpc) is 2.78. The summed E-state index contributed by atoms with van der Waals surface area (Å²) >= 11 is 5.39. The summed E-state index contributed by atoms with van der Waals surface area (Å²) in [5.41, 5.74) is 2.41. The number of hydrogen-bond donors (Lipinski definition) is 1. The highest BCUT2D eigenvalue weighted by molar-refractivity contribution is 9.10. The number of benzene rings is 1. The van der Waals surface area contributed by atoms with E-state index in [0.29, 0.717) is 11.8 Å². The molecule has 0 spiro atoms. The fraction of sp³-hybridized carbons (Fsp3) is 0.444. The summed E-state index contributed by atoms with van der Waals surface area (Å²) in [4.78, 5) is 4.05. The number of likely N-dealkylation sites (tertiary alicyclic amines) is 1. The van der Waals surface area contributed by atoms with Crippen molar-refractivity contribution < 1.29 is 5.11 Å². The number of nitrogens with zero attached hydrogens (tertiary/aromatic N) is 1. The maximum Gasteiger partial charge on any atom is 0.120 e. The number of thiophene rings is 1. The Morgan fingerprint density at radius 2 is 2.14 bits per heavy atom. The van der Waals surface area contributed by atoms with Crippen molar-refractivity contribution in [2.45, 2.75) is 45.2 Å². The number of aryl methyl sites for hydroxylation is 1. The van der Waals surface area contributed by atoms with Crippen LogP contribution in [0.4, 0.5) is 0 Å². The van der Waals surface area contributed by atoms with Crippen molar-refractivity contribution in [2.24, 2.45) is 0 Å². The summed E-state index contributed by atoms with van der Waals surface area (Å²) in [6, 6.07) is 8.42. The van der Waals surface area contributed by atoms with Gasteiger partial charge in [0.05, 0.1) is 0 Å². The molecular weight excluding hydrogens is 358 g/mol. The van der Waals surface area contributed by atoms with E-state index in [1.165, 1.54) is 36.1 Å². The molecule has 1 atom stereocenters. The van der Waals surface area contributed by atoms with Crippen molar-refractivity contribution in [1.82, 2.24) is 4.90 Å². The predicted molar refractivity (Wildman–Crippen MR) is 96.5 cm³/mol. The highest BCUT2D eigenvalue weighted by atomic mass is 79.9. The smallest absolute Gasteiger partial charge is 0.120 e. The van der Waals surface area contributed by atoms with Gasteiger partial charge in [-0.2, -0.15) is 0 Å². The van der Waals surface area contributed by atoms with E-state index in [1.54, 1.807) is 6.07 Å². The Hall–Kier alpha value is -0.840. The Labute approximate surface area is 144 Å². The highest BCUT2D eigenvalue weighted by Gasteiger charge is 2.25. The molecule has 2 heterocycles. The van der Waals surface area contributed by atoms with Crippen molar-refractivity contribution in [2.75, 3.05) is 6.54 Å². The average molecular weight is 380 g/mol. The summed E-state index contributed by atoms with van der Waals surface area (Å²) < 4.78 is 1.03. The Kier molecular flexibility index (Phi) is 5.21. The third-order valence-corrected chi connectivity index (χ3v) is 6.10. The molecule has 3 rings (SSSR count). The van der Waals surface area contributed by atoms with Crippen molar-refractivity contribution in [3.63, 3.8) is 0 Å². The fourth-order valence-electron chi connectivity index (χ4n) is 3.28. The first-order valence-corrected chi connectivity index (χ1v) is 9.58. The zero-order chi connectivity index (χ0) is 15.5. The largest absolute Gasteiger partial charge is 0.508 e. The zero-order valence-electron chi connectivity index (χ0n) is 12.9. The molecule has 0 aliphatic carbocycles. The van der Waals surface area contributed by atoms with Gasteiger partial charge in [0.25, 0.3) is 0 Å². The molecule has 0 saturated carbocycles. The van der Waals surface area contributed by atoms with Crippen LogP contribution in [0.25, 0.3) is 0 Å². The molecule has 118 valence electrons. The Bertz CT molecular complexity index is 640. The van der Waals surface area contributed by atoms with Crippen LogP contribution in [0, 0.1) is 6.92 Å². The molecule has 1 N–H and O–H groups in total. The maximum absolute atomic E-state index is 10.2. The number of phenolic OH excluding ortho intramolecular Hbond substituents is 1. The third-order valence-electron chi connectivity index (χ3n) is 4.48. The molecule has 2 nitrogen and oxygen atoms in total. The second kappa shape index (κ2) is 7.16. The lowest BCUT2D eigenvalue weighted by Crippen LogP contribution is -2.28. The number of hydrogen-bond acceptors (Lipinski definition) is 3. The summed E-state index contributed by atoms with van der Waals surface area (Å²) in [7, 11) is 0. The van der Waals surface area contributed by atoms with Crippen molar-refractivity contribution in [1.29, 1.82) is 0 Å². The molecule has 1 aromatic heterocycles. The van der Waals surface area contributed by atoms with Gasteiger partial charge in [0.1, 0.15) is 5.75 Å². The number of rotatable bonds is 3. The van der Waals surface area contributed by atoms with Crippen LogP contribution in [-0.4, -0.2) is 16.6 Å². The third kappa shape index (κ3) is 3.55. The first-order valence-electron chi connectivity index (χ1n) is 7.90. The Balaban J connectivity index is 1.88. The number of aromatic hydroxyl groups is 1. The van der Waals surface area contributed by atoms with Crippen LogP contribution in [0.2, 0.25) is 0 Å². The normalized spacial score (nSPS) is 20.0. The van der Waals surface area contributed by atoms with Gasteiger partial charge in [0.2, 0.25) is 0 Å².